The first-order valence-corrected chi connectivity index (χ1v) is 11.8. The minimum absolute atomic E-state index is 0. The highest BCUT2D eigenvalue weighted by Gasteiger charge is 2.39. The summed E-state index contributed by atoms with van der Waals surface area (Å²) in [5, 5.41) is 7.22. The summed E-state index contributed by atoms with van der Waals surface area (Å²) in [6.45, 7) is 12.5. The van der Waals surface area contributed by atoms with Crippen LogP contribution in [0, 0.1) is 0 Å². The normalized spacial score (nSPS) is 23.9. The second-order valence-corrected chi connectivity index (χ2v) is 8.83. The number of ether oxygens (including phenoxy) is 2. The highest BCUT2D eigenvalue weighted by molar-refractivity contribution is 14.0. The molecule has 0 atom stereocenters. The molecule has 3 saturated heterocycles. The van der Waals surface area contributed by atoms with Gasteiger partial charge in [-0.2, -0.15) is 0 Å². The minimum atomic E-state index is 0. The number of piperidine rings is 1. The molecule has 0 aromatic heterocycles. The SMILES string of the molecule is CCNC(=NCC1(N2CCCC2)CCOCC1)NC1CCN(CCCOC)CC1.I. The quantitative estimate of drug-likeness (QED) is 0.204. The molecule has 0 bridgehead atoms. The molecule has 0 radical (unpaired) electrons. The van der Waals surface area contributed by atoms with E-state index in [1.165, 1.54) is 38.8 Å². The molecule has 0 unspecified atom stereocenters. The molecule has 30 heavy (non-hydrogen) atoms. The van der Waals surface area contributed by atoms with Crippen molar-refractivity contribution in [3.05, 3.63) is 0 Å². The topological polar surface area (TPSA) is 61.4 Å². The molecule has 0 aliphatic carbocycles. The summed E-state index contributed by atoms with van der Waals surface area (Å²) in [4.78, 5) is 10.4. The lowest BCUT2D eigenvalue weighted by molar-refractivity contribution is -0.0139. The first-order chi connectivity index (χ1) is 14.3. The first kappa shape index (κ1) is 26.1. The second kappa shape index (κ2) is 14.1. The summed E-state index contributed by atoms with van der Waals surface area (Å²) >= 11 is 0. The van der Waals surface area contributed by atoms with Gasteiger partial charge >= 0.3 is 0 Å². The van der Waals surface area contributed by atoms with Gasteiger partial charge in [-0.05, 0) is 65.0 Å². The Bertz CT molecular complexity index is 488. The number of nitrogens with zero attached hydrogens (tertiary/aromatic N) is 3. The van der Waals surface area contributed by atoms with Gasteiger partial charge in [-0.15, -0.1) is 24.0 Å². The van der Waals surface area contributed by atoms with Crippen molar-refractivity contribution in [3.8, 4) is 0 Å². The van der Waals surface area contributed by atoms with Crippen LogP contribution in [0.2, 0.25) is 0 Å². The van der Waals surface area contributed by atoms with Gasteiger partial charge in [0.15, 0.2) is 5.96 Å². The fraction of sp³-hybridized carbons (Fsp3) is 0.955. The number of nitrogens with one attached hydrogen (secondary N) is 2. The monoisotopic (exact) mass is 537 g/mol. The molecule has 7 nitrogen and oxygen atoms in total. The van der Waals surface area contributed by atoms with Crippen LogP contribution in [0.15, 0.2) is 4.99 Å². The van der Waals surface area contributed by atoms with Gasteiger partial charge in [-0.3, -0.25) is 9.89 Å². The maximum Gasteiger partial charge on any atom is 0.191 e. The number of hydrogen-bond donors (Lipinski definition) is 2. The lowest BCUT2D eigenvalue weighted by Gasteiger charge is -2.43. The first-order valence-electron chi connectivity index (χ1n) is 11.8. The lowest BCUT2D eigenvalue weighted by atomic mass is 9.88. The number of hydrogen-bond acceptors (Lipinski definition) is 5. The summed E-state index contributed by atoms with van der Waals surface area (Å²) < 4.78 is 10.9. The van der Waals surface area contributed by atoms with Gasteiger partial charge in [-0.25, -0.2) is 0 Å². The molecule has 3 aliphatic heterocycles. The van der Waals surface area contributed by atoms with Crippen LogP contribution in [0.3, 0.4) is 0 Å². The summed E-state index contributed by atoms with van der Waals surface area (Å²) in [6, 6.07) is 0.518. The van der Waals surface area contributed by atoms with Crippen molar-refractivity contribution in [1.82, 2.24) is 20.4 Å². The molecule has 3 fully saturated rings. The molecule has 2 N–H and O–H groups in total. The highest BCUT2D eigenvalue weighted by atomic mass is 127. The Morgan fingerprint density at radius 2 is 1.83 bits per heavy atom. The molecular weight excluding hydrogens is 493 g/mol. The number of methoxy groups -OCH3 is 1. The molecule has 3 aliphatic rings. The van der Waals surface area contributed by atoms with E-state index in [-0.39, 0.29) is 29.5 Å². The number of aliphatic imine (C=N–C) groups is 1. The van der Waals surface area contributed by atoms with Crippen LogP contribution < -0.4 is 10.6 Å². The van der Waals surface area contributed by atoms with Crippen molar-refractivity contribution in [2.75, 3.05) is 72.7 Å². The van der Waals surface area contributed by atoms with Gasteiger partial charge in [-0.1, -0.05) is 0 Å². The van der Waals surface area contributed by atoms with Crippen LogP contribution in [0.5, 0.6) is 0 Å². The fourth-order valence-corrected chi connectivity index (χ4v) is 4.99. The van der Waals surface area contributed by atoms with Gasteiger partial charge < -0.3 is 25.0 Å². The molecule has 0 spiro atoms. The van der Waals surface area contributed by atoms with Crippen LogP contribution in [0.4, 0.5) is 0 Å². The van der Waals surface area contributed by atoms with E-state index >= 15 is 0 Å². The Balaban J connectivity index is 0.00000320. The predicted molar refractivity (Wildman–Crippen MR) is 134 cm³/mol. The summed E-state index contributed by atoms with van der Waals surface area (Å²) in [7, 11) is 1.78. The van der Waals surface area contributed by atoms with E-state index in [9.17, 15) is 0 Å². The molecule has 8 heteroatoms. The zero-order valence-corrected chi connectivity index (χ0v) is 21.5. The fourth-order valence-electron chi connectivity index (χ4n) is 4.99. The molecule has 176 valence electrons. The maximum absolute atomic E-state index is 5.69. The van der Waals surface area contributed by atoms with Crippen LogP contribution in [-0.2, 0) is 9.47 Å². The average molecular weight is 538 g/mol. The number of rotatable bonds is 9. The third-order valence-corrected chi connectivity index (χ3v) is 6.83. The van der Waals surface area contributed by atoms with Crippen LogP contribution in [0.1, 0.15) is 51.9 Å². The van der Waals surface area contributed by atoms with Gasteiger partial charge in [0.1, 0.15) is 0 Å². The van der Waals surface area contributed by atoms with Crippen molar-refractivity contribution in [2.45, 2.75) is 63.5 Å². The second-order valence-electron chi connectivity index (χ2n) is 8.83. The number of halogens is 1. The lowest BCUT2D eigenvalue weighted by Crippen LogP contribution is -2.54. The van der Waals surface area contributed by atoms with E-state index in [4.69, 9.17) is 14.5 Å². The van der Waals surface area contributed by atoms with Crippen molar-refractivity contribution >= 4 is 29.9 Å². The Morgan fingerprint density at radius 3 is 2.47 bits per heavy atom. The molecule has 0 saturated carbocycles. The van der Waals surface area contributed by atoms with Crippen LogP contribution in [0.25, 0.3) is 0 Å². The average Bonchev–Trinajstić information content (AvgIpc) is 3.30. The van der Waals surface area contributed by atoms with Crippen LogP contribution in [-0.4, -0.2) is 100 Å². The molecule has 0 aromatic rings. The van der Waals surface area contributed by atoms with E-state index < -0.39 is 0 Å². The third-order valence-electron chi connectivity index (χ3n) is 6.83. The van der Waals surface area contributed by atoms with Crippen molar-refractivity contribution in [1.29, 1.82) is 0 Å². The van der Waals surface area contributed by atoms with E-state index in [0.29, 0.717) is 6.04 Å². The summed E-state index contributed by atoms with van der Waals surface area (Å²) in [5.74, 6) is 0.996. The van der Waals surface area contributed by atoms with Gasteiger partial charge in [0, 0.05) is 64.7 Å². The van der Waals surface area contributed by atoms with Gasteiger partial charge in [0.2, 0.25) is 0 Å². The van der Waals surface area contributed by atoms with E-state index in [1.807, 2.05) is 0 Å². The van der Waals surface area contributed by atoms with E-state index in [0.717, 1.165) is 77.8 Å². The Kier molecular flexibility index (Phi) is 12.2. The van der Waals surface area contributed by atoms with Gasteiger partial charge in [0.25, 0.3) is 0 Å². The number of guanidine groups is 1. The molecule has 0 amide bonds. The van der Waals surface area contributed by atoms with Crippen molar-refractivity contribution in [2.24, 2.45) is 4.99 Å². The Hall–Kier alpha value is -0.160. The van der Waals surface area contributed by atoms with Crippen molar-refractivity contribution < 1.29 is 9.47 Å². The standard InChI is InChI=1S/C22H43N5O2.HI/c1-3-23-21(25-20-7-14-26(15-8-20)11-6-16-28-2)24-19-22(9-17-29-18-10-22)27-12-4-5-13-27;/h20H,3-19H2,1-2H3,(H2,23,24,25);1H. The van der Waals surface area contributed by atoms with Crippen molar-refractivity contribution in [3.63, 3.8) is 0 Å². The minimum Gasteiger partial charge on any atom is -0.385 e. The summed E-state index contributed by atoms with van der Waals surface area (Å²) in [5.41, 5.74) is 0.196. The van der Waals surface area contributed by atoms with E-state index in [1.54, 1.807) is 7.11 Å². The largest absolute Gasteiger partial charge is 0.385 e. The molecule has 3 rings (SSSR count). The molecule has 0 aromatic carbocycles. The summed E-state index contributed by atoms with van der Waals surface area (Å²) in [6.07, 6.45) is 8.36. The zero-order chi connectivity index (χ0) is 20.4. The predicted octanol–water partition coefficient (Wildman–Crippen LogP) is 2.31. The highest BCUT2D eigenvalue weighted by Crippen LogP contribution is 2.31. The van der Waals surface area contributed by atoms with E-state index in [2.05, 4.69) is 27.4 Å². The van der Waals surface area contributed by atoms with Crippen LogP contribution >= 0.6 is 24.0 Å². The number of likely N-dealkylation sites (tertiary alicyclic amines) is 2. The third kappa shape index (κ3) is 7.76. The smallest absolute Gasteiger partial charge is 0.191 e. The maximum atomic E-state index is 5.69. The van der Waals surface area contributed by atoms with Gasteiger partial charge in [0.05, 0.1) is 6.54 Å². The molecule has 3 heterocycles. The Morgan fingerprint density at radius 1 is 1.13 bits per heavy atom. The molecular formula is C22H44IN5O2. The zero-order valence-electron chi connectivity index (χ0n) is 19.2. The Labute approximate surface area is 200 Å².